The van der Waals surface area contributed by atoms with E-state index in [1.807, 2.05) is 0 Å². The first kappa shape index (κ1) is 41.1. The molecule has 10 fully saturated rings. The summed E-state index contributed by atoms with van der Waals surface area (Å²) in [5.41, 5.74) is 4.79. The fourth-order valence-corrected chi connectivity index (χ4v) is 20.8. The van der Waals surface area contributed by atoms with E-state index in [0.29, 0.717) is 71.0 Å². The molecule has 0 radical (unpaired) electrons. The number of aliphatic hydroxyl groups is 2. The number of fused-ring (bicyclic) bond motifs is 16. The van der Waals surface area contributed by atoms with Gasteiger partial charge in [0.2, 0.25) is 0 Å². The first-order chi connectivity index (χ1) is 29.1. The summed E-state index contributed by atoms with van der Waals surface area (Å²) < 4.78 is 27.6. The molecule has 342 valence electrons. The standard InChI is InChI=1S/C54H80N2O6/c1-27-45-41(59-53(27)17-15-47(3,4)61-53)21-35-31-13-11-29-19-37-39(25-49(29,7)33(31)23-43(57)51(35,45)9)55-38-20-30-12-14-32-34(50(30,8)26-40(38)56-37)24-44(58)52(10)36(32)22-42-46(52)28(2)54(60-42)18-16-48(5,6)62-54/h27-36,41-46,57-58H,11-26H2,1-10H3/t27-,28-,29-,30-,31+,32+,33-,34-,35+,36+,41-,42-,43+,44+,45-,46-,49-,50-,51+,52+,53-,54+/m0/s1. The van der Waals surface area contributed by atoms with Crippen LogP contribution >= 0.6 is 0 Å². The fraction of sp³-hybridized carbons (Fsp3) is 0.926. The SMILES string of the molecule is C[C@H]1[C@H]2[C@H](C[C@@H]3[C@@H]4CC[C@H]5Cc6nc7c(nc6C[C@]5(C)[C@H]4C[C@@H](O)[C@]23C)C[C@@H]2CC[C@H]3[C@H]4C[C@@H]5O[C@@]6(CCC(C)(C)O6)[C@@H](C)[C@@H]5[C@@]4(C)[C@H](O)C[C@@H]3[C@@]2(C)C7)O[C@]12CCC(C)(C)O2. The summed E-state index contributed by atoms with van der Waals surface area (Å²) in [5, 5.41) is 25.0. The van der Waals surface area contributed by atoms with Crippen LogP contribution < -0.4 is 0 Å². The molecule has 0 amide bonds. The van der Waals surface area contributed by atoms with Crippen molar-refractivity contribution in [3.8, 4) is 0 Å². The molecule has 0 aromatic carbocycles. The molecule has 22 atom stereocenters. The lowest BCUT2D eigenvalue weighted by molar-refractivity contribution is -0.256. The van der Waals surface area contributed by atoms with Gasteiger partial charge < -0.3 is 29.2 Å². The Kier molecular flexibility index (Phi) is 8.27. The molecule has 0 bridgehead atoms. The average molecular weight is 853 g/mol. The largest absolute Gasteiger partial charge is 0.393 e. The second kappa shape index (κ2) is 12.5. The molecule has 8 aliphatic carbocycles. The third-order valence-electron chi connectivity index (χ3n) is 23.9. The minimum atomic E-state index is -0.482. The highest BCUT2D eigenvalue weighted by Gasteiger charge is 2.74. The lowest BCUT2D eigenvalue weighted by atomic mass is 9.43. The van der Waals surface area contributed by atoms with Crippen LogP contribution in [0.1, 0.15) is 169 Å². The number of rotatable bonds is 0. The normalized spacial score (nSPS) is 59.3. The Bertz CT molecular complexity index is 1930. The van der Waals surface area contributed by atoms with Crippen molar-refractivity contribution in [2.45, 2.75) is 219 Å². The molecule has 12 aliphatic rings. The van der Waals surface area contributed by atoms with Crippen LogP contribution in [0.2, 0.25) is 0 Å². The molecule has 1 aromatic rings. The van der Waals surface area contributed by atoms with E-state index in [1.54, 1.807) is 0 Å². The Morgan fingerprint density at radius 3 is 1.27 bits per heavy atom. The zero-order valence-electron chi connectivity index (χ0n) is 40.0. The Morgan fingerprint density at radius 2 is 0.903 bits per heavy atom. The van der Waals surface area contributed by atoms with Crippen LogP contribution in [0.15, 0.2) is 0 Å². The van der Waals surface area contributed by atoms with Crippen molar-refractivity contribution in [3.05, 3.63) is 22.8 Å². The molecule has 0 unspecified atom stereocenters. The van der Waals surface area contributed by atoms with Gasteiger partial charge >= 0.3 is 0 Å². The molecule has 4 aliphatic heterocycles. The van der Waals surface area contributed by atoms with E-state index in [2.05, 4.69) is 69.2 Å². The van der Waals surface area contributed by atoms with Gasteiger partial charge in [-0.2, -0.15) is 0 Å². The predicted octanol–water partition coefficient (Wildman–Crippen LogP) is 9.43. The third kappa shape index (κ3) is 4.98. The van der Waals surface area contributed by atoms with E-state index in [0.717, 1.165) is 77.0 Å². The molecule has 8 nitrogen and oxygen atoms in total. The number of hydrogen-bond donors (Lipinski definition) is 2. The molecule has 2 N–H and O–H groups in total. The third-order valence-corrected chi connectivity index (χ3v) is 23.9. The number of aliphatic hydroxyl groups excluding tert-OH is 2. The molecule has 2 spiro atoms. The predicted molar refractivity (Wildman–Crippen MR) is 235 cm³/mol. The number of nitrogens with zero attached hydrogens (tertiary/aromatic N) is 2. The maximum atomic E-state index is 12.5. The zero-order valence-corrected chi connectivity index (χ0v) is 40.0. The van der Waals surface area contributed by atoms with Crippen molar-refractivity contribution in [1.82, 2.24) is 9.97 Å². The van der Waals surface area contributed by atoms with Gasteiger partial charge in [0, 0.05) is 47.3 Å². The topological polar surface area (TPSA) is 103 Å². The van der Waals surface area contributed by atoms with Crippen LogP contribution in [-0.4, -0.2) is 67.4 Å². The van der Waals surface area contributed by atoms with E-state index in [4.69, 9.17) is 28.9 Å². The summed E-state index contributed by atoms with van der Waals surface area (Å²) in [6, 6.07) is 0. The van der Waals surface area contributed by atoms with E-state index in [-0.39, 0.29) is 57.3 Å². The number of hydrogen-bond acceptors (Lipinski definition) is 8. The first-order valence-corrected chi connectivity index (χ1v) is 26.1. The molecule has 4 saturated heterocycles. The van der Waals surface area contributed by atoms with Gasteiger partial charge in [-0.25, -0.2) is 0 Å². The van der Waals surface area contributed by atoms with Crippen LogP contribution in [0.4, 0.5) is 0 Å². The van der Waals surface area contributed by atoms with Gasteiger partial charge in [0.15, 0.2) is 11.6 Å². The van der Waals surface area contributed by atoms with Gasteiger partial charge in [0.05, 0.1) is 58.4 Å². The van der Waals surface area contributed by atoms with Gasteiger partial charge in [-0.3, -0.25) is 9.97 Å². The Hall–Kier alpha value is -1.16. The Balaban J connectivity index is 0.748. The first-order valence-electron chi connectivity index (χ1n) is 26.1. The van der Waals surface area contributed by atoms with Crippen LogP contribution in [0.5, 0.6) is 0 Å². The van der Waals surface area contributed by atoms with Crippen LogP contribution in [0.25, 0.3) is 0 Å². The van der Waals surface area contributed by atoms with E-state index in [9.17, 15) is 10.2 Å². The van der Waals surface area contributed by atoms with E-state index in [1.165, 1.54) is 48.5 Å². The smallest absolute Gasteiger partial charge is 0.172 e. The summed E-state index contributed by atoms with van der Waals surface area (Å²) in [5.74, 6) is 4.69. The van der Waals surface area contributed by atoms with Crippen LogP contribution in [0, 0.1) is 92.7 Å². The molecular weight excluding hydrogens is 773 g/mol. The summed E-state index contributed by atoms with van der Waals surface area (Å²) in [7, 11) is 0. The Morgan fingerprint density at radius 1 is 0.500 bits per heavy atom. The van der Waals surface area contributed by atoms with Crippen molar-refractivity contribution < 1.29 is 29.2 Å². The molecule has 1 aromatic heterocycles. The highest BCUT2D eigenvalue weighted by atomic mass is 16.7. The molecule has 8 heteroatoms. The summed E-state index contributed by atoms with van der Waals surface area (Å²) >= 11 is 0. The number of aromatic nitrogens is 2. The quantitative estimate of drug-likeness (QED) is 0.266. The van der Waals surface area contributed by atoms with Crippen LogP contribution in [-0.2, 0) is 44.6 Å². The minimum Gasteiger partial charge on any atom is -0.393 e. The van der Waals surface area contributed by atoms with Crippen molar-refractivity contribution in [3.63, 3.8) is 0 Å². The van der Waals surface area contributed by atoms with Gasteiger partial charge in [0.25, 0.3) is 0 Å². The van der Waals surface area contributed by atoms with Crippen LogP contribution in [0.3, 0.4) is 0 Å². The Labute approximate surface area is 372 Å². The summed E-state index contributed by atoms with van der Waals surface area (Å²) in [4.78, 5) is 11.4. The maximum absolute atomic E-state index is 12.5. The van der Waals surface area contributed by atoms with E-state index < -0.39 is 11.6 Å². The average Bonchev–Trinajstić information content (AvgIpc) is 3.99. The second-order valence-corrected chi connectivity index (χ2v) is 27.1. The fourth-order valence-electron chi connectivity index (χ4n) is 20.8. The lowest BCUT2D eigenvalue weighted by Gasteiger charge is -2.62. The highest BCUT2D eigenvalue weighted by molar-refractivity contribution is 5.32. The molecule has 5 heterocycles. The minimum absolute atomic E-state index is 0.123. The van der Waals surface area contributed by atoms with Gasteiger partial charge in [-0.15, -0.1) is 0 Å². The molecular formula is C54H80N2O6. The van der Waals surface area contributed by atoms with Crippen molar-refractivity contribution in [1.29, 1.82) is 0 Å². The monoisotopic (exact) mass is 853 g/mol. The summed E-state index contributed by atoms with van der Waals surface area (Å²) in [6.07, 6.45) is 16.8. The highest BCUT2D eigenvalue weighted by Crippen LogP contribution is 2.74. The van der Waals surface area contributed by atoms with Crippen molar-refractivity contribution >= 4 is 0 Å². The lowest BCUT2D eigenvalue weighted by Crippen LogP contribution is -2.60. The molecule has 6 saturated carbocycles. The van der Waals surface area contributed by atoms with Crippen molar-refractivity contribution in [2.75, 3.05) is 0 Å². The van der Waals surface area contributed by atoms with E-state index >= 15 is 0 Å². The van der Waals surface area contributed by atoms with Gasteiger partial charge in [-0.1, -0.05) is 41.5 Å². The molecule has 62 heavy (non-hydrogen) atoms. The van der Waals surface area contributed by atoms with Gasteiger partial charge in [0.1, 0.15) is 0 Å². The maximum Gasteiger partial charge on any atom is 0.172 e. The summed E-state index contributed by atoms with van der Waals surface area (Å²) in [6.45, 7) is 23.7. The second-order valence-electron chi connectivity index (χ2n) is 27.1. The zero-order chi connectivity index (χ0) is 43.1. The van der Waals surface area contributed by atoms with Crippen molar-refractivity contribution in [2.24, 2.45) is 92.7 Å². The number of ether oxygens (including phenoxy) is 4. The molecule has 13 rings (SSSR count). The van der Waals surface area contributed by atoms with Gasteiger partial charge in [-0.05, 0) is 176 Å².